The minimum Gasteiger partial charge on any atom is -0.497 e. The fraction of sp³-hybridized carbons (Fsp3) is 0.281. The van der Waals surface area contributed by atoms with Crippen molar-refractivity contribution >= 4 is 18.8 Å². The highest BCUT2D eigenvalue weighted by Gasteiger charge is 2.37. The molecule has 246 valence electrons. The zero-order valence-electron chi connectivity index (χ0n) is 25.5. The second kappa shape index (κ2) is 12.9. The van der Waals surface area contributed by atoms with E-state index in [2.05, 4.69) is 4.98 Å². The molecule has 3 aromatic rings. The zero-order chi connectivity index (χ0) is 33.5. The monoisotopic (exact) mass is 666 g/mol. The summed E-state index contributed by atoms with van der Waals surface area (Å²) in [5.41, 5.74) is 2.64. The lowest BCUT2D eigenvalue weighted by Gasteiger charge is -2.19. The number of methoxy groups -OCH3 is 1. The topological polar surface area (TPSA) is 189 Å². The van der Waals surface area contributed by atoms with Gasteiger partial charge in [-0.2, -0.15) is 0 Å². The highest BCUT2D eigenvalue weighted by molar-refractivity contribution is 7.47. The summed E-state index contributed by atoms with van der Waals surface area (Å²) in [7, 11) is -3.08. The molecule has 3 N–H and O–H groups in total. The SMILES string of the molecule is COc1ccc(-c2c3ccc(=O)cc-3oc3cc(OCOP(=O)(O)OCC4O[C@@H](n5cc(C)c(=O)[nH]c5=O)C[C@H]4O)ccc23)c(C)c1. The molecule has 0 amide bonds. The molecular formula is C32H31N2O12P. The van der Waals surface area contributed by atoms with Gasteiger partial charge in [0.05, 0.1) is 19.8 Å². The minimum atomic E-state index is -4.67. The predicted molar refractivity (Wildman–Crippen MR) is 169 cm³/mol. The molecule has 0 radical (unpaired) electrons. The van der Waals surface area contributed by atoms with Gasteiger partial charge in [0.15, 0.2) is 12.2 Å². The molecule has 0 spiro atoms. The number of hydrogen-bond donors (Lipinski definition) is 3. The number of hydrogen-bond acceptors (Lipinski definition) is 11. The van der Waals surface area contributed by atoms with Crippen LogP contribution < -0.4 is 26.2 Å². The van der Waals surface area contributed by atoms with Gasteiger partial charge in [-0.05, 0) is 61.4 Å². The van der Waals surface area contributed by atoms with Crippen molar-refractivity contribution in [2.75, 3.05) is 20.5 Å². The van der Waals surface area contributed by atoms with Crippen LogP contribution in [0.5, 0.6) is 11.5 Å². The summed E-state index contributed by atoms with van der Waals surface area (Å²) >= 11 is 0. The summed E-state index contributed by atoms with van der Waals surface area (Å²) in [5, 5.41) is 11.1. The molecule has 0 saturated carbocycles. The van der Waals surface area contributed by atoms with E-state index in [1.54, 1.807) is 31.4 Å². The molecule has 2 aromatic carbocycles. The normalized spacial score (nSPS) is 19.2. The van der Waals surface area contributed by atoms with E-state index < -0.39 is 50.9 Å². The first-order chi connectivity index (χ1) is 22.4. The molecule has 15 heteroatoms. The van der Waals surface area contributed by atoms with Crippen molar-refractivity contribution in [2.24, 2.45) is 0 Å². The van der Waals surface area contributed by atoms with Gasteiger partial charge in [0, 0.05) is 46.8 Å². The van der Waals surface area contributed by atoms with E-state index in [-0.39, 0.29) is 23.2 Å². The van der Waals surface area contributed by atoms with E-state index in [4.69, 9.17) is 27.7 Å². The number of phosphoric ester groups is 1. The number of H-pyrrole nitrogens is 1. The molecule has 3 aliphatic rings. The molecule has 4 atom stereocenters. The molecule has 1 saturated heterocycles. The zero-order valence-corrected chi connectivity index (χ0v) is 26.4. The van der Waals surface area contributed by atoms with Crippen molar-refractivity contribution in [1.29, 1.82) is 0 Å². The maximum atomic E-state index is 12.6. The van der Waals surface area contributed by atoms with E-state index in [0.717, 1.165) is 32.2 Å². The van der Waals surface area contributed by atoms with Crippen LogP contribution in [0, 0.1) is 13.8 Å². The van der Waals surface area contributed by atoms with Crippen molar-refractivity contribution in [3.63, 3.8) is 0 Å². The Balaban J connectivity index is 1.14. The van der Waals surface area contributed by atoms with Crippen LogP contribution in [0.3, 0.4) is 0 Å². The lowest BCUT2D eigenvalue weighted by molar-refractivity contribution is -0.0488. The van der Waals surface area contributed by atoms with Crippen LogP contribution in [0.4, 0.5) is 0 Å². The van der Waals surface area contributed by atoms with Crippen LogP contribution in [0.15, 0.2) is 79.6 Å². The lowest BCUT2D eigenvalue weighted by Crippen LogP contribution is -2.33. The van der Waals surface area contributed by atoms with E-state index >= 15 is 0 Å². The van der Waals surface area contributed by atoms with E-state index in [0.29, 0.717) is 17.1 Å². The second-order valence-corrected chi connectivity index (χ2v) is 12.5. The van der Waals surface area contributed by atoms with Crippen molar-refractivity contribution in [2.45, 2.75) is 38.7 Å². The van der Waals surface area contributed by atoms with Gasteiger partial charge in [-0.3, -0.25) is 23.7 Å². The van der Waals surface area contributed by atoms with Crippen molar-refractivity contribution < 1.29 is 42.2 Å². The molecule has 1 fully saturated rings. The summed E-state index contributed by atoms with van der Waals surface area (Å²) in [4.78, 5) is 48.4. The van der Waals surface area contributed by atoms with Crippen LogP contribution >= 0.6 is 7.82 Å². The molecule has 2 unspecified atom stereocenters. The van der Waals surface area contributed by atoms with E-state index in [1.807, 2.05) is 25.1 Å². The number of nitrogens with zero attached hydrogens (tertiary/aromatic N) is 1. The Labute approximate surface area is 266 Å². The summed E-state index contributed by atoms with van der Waals surface area (Å²) in [6.07, 6.45) is -1.81. The highest BCUT2D eigenvalue weighted by atomic mass is 31.2. The average molecular weight is 667 g/mol. The van der Waals surface area contributed by atoms with Gasteiger partial charge in [0.2, 0.25) is 0 Å². The molecule has 1 aliphatic carbocycles. The van der Waals surface area contributed by atoms with E-state index in [1.165, 1.54) is 25.3 Å². The summed E-state index contributed by atoms with van der Waals surface area (Å²) < 4.78 is 46.3. The fourth-order valence-electron chi connectivity index (χ4n) is 5.48. The van der Waals surface area contributed by atoms with Gasteiger partial charge < -0.3 is 28.6 Å². The number of aliphatic hydroxyl groups is 1. The van der Waals surface area contributed by atoms with Gasteiger partial charge in [-0.25, -0.2) is 13.9 Å². The number of fused-ring (bicyclic) bond motifs is 2. The van der Waals surface area contributed by atoms with Crippen LogP contribution in [0.25, 0.3) is 33.4 Å². The first kappa shape index (κ1) is 32.4. The summed E-state index contributed by atoms with van der Waals surface area (Å²) in [5.74, 6) is 1.32. The number of rotatable bonds is 10. The number of aliphatic hydroxyl groups excluding tert-OH is 1. The van der Waals surface area contributed by atoms with Crippen LogP contribution in [-0.2, 0) is 18.3 Å². The lowest BCUT2D eigenvalue weighted by atomic mass is 9.91. The van der Waals surface area contributed by atoms with Gasteiger partial charge in [0.25, 0.3) is 5.56 Å². The maximum Gasteiger partial charge on any atom is 0.475 e. The highest BCUT2D eigenvalue weighted by Crippen LogP contribution is 2.45. The minimum absolute atomic E-state index is 0.0166. The van der Waals surface area contributed by atoms with Crippen molar-refractivity contribution in [3.8, 4) is 33.9 Å². The van der Waals surface area contributed by atoms with E-state index in [9.17, 15) is 28.9 Å². The summed E-state index contributed by atoms with van der Waals surface area (Å²) in [6.45, 7) is 2.27. The maximum absolute atomic E-state index is 12.6. The first-order valence-electron chi connectivity index (χ1n) is 14.5. The number of benzene rings is 3. The summed E-state index contributed by atoms with van der Waals surface area (Å²) in [6, 6.07) is 15.3. The average Bonchev–Trinajstić information content (AvgIpc) is 3.40. The first-order valence-corrected chi connectivity index (χ1v) is 16.0. The number of aryl methyl sites for hydroxylation is 2. The smallest absolute Gasteiger partial charge is 0.475 e. The van der Waals surface area contributed by atoms with Crippen LogP contribution in [0.1, 0.15) is 23.8 Å². The molecule has 0 bridgehead atoms. The molecule has 47 heavy (non-hydrogen) atoms. The Morgan fingerprint density at radius 2 is 1.74 bits per heavy atom. The third-order valence-electron chi connectivity index (χ3n) is 7.87. The van der Waals surface area contributed by atoms with Crippen LogP contribution in [0.2, 0.25) is 0 Å². The van der Waals surface area contributed by atoms with Crippen molar-refractivity contribution in [3.05, 3.63) is 103 Å². The fourth-order valence-corrected chi connectivity index (χ4v) is 6.07. The van der Waals surface area contributed by atoms with Gasteiger partial charge in [0.1, 0.15) is 35.2 Å². The number of phosphoric acid groups is 1. The molecule has 6 rings (SSSR count). The Bertz CT molecular complexity index is 2160. The van der Waals surface area contributed by atoms with Crippen LogP contribution in [-0.4, -0.2) is 52.3 Å². The number of aromatic nitrogens is 2. The Morgan fingerprint density at radius 3 is 2.51 bits per heavy atom. The van der Waals surface area contributed by atoms with Crippen molar-refractivity contribution in [1.82, 2.24) is 9.55 Å². The Kier molecular flexibility index (Phi) is 8.90. The Hall–Kier alpha value is -4.56. The third kappa shape index (κ3) is 6.79. The number of aromatic amines is 1. The van der Waals surface area contributed by atoms with Gasteiger partial charge in [-0.1, -0.05) is 6.07 Å². The molecule has 3 heterocycles. The Morgan fingerprint density at radius 1 is 0.979 bits per heavy atom. The van der Waals surface area contributed by atoms with Gasteiger partial charge >= 0.3 is 13.5 Å². The quantitative estimate of drug-likeness (QED) is 0.111. The second-order valence-electron chi connectivity index (χ2n) is 11.0. The molecule has 2 aliphatic heterocycles. The molecule has 14 nitrogen and oxygen atoms in total. The van der Waals surface area contributed by atoms with Gasteiger partial charge in [-0.15, -0.1) is 0 Å². The number of ether oxygens (including phenoxy) is 3. The molecular weight excluding hydrogens is 635 g/mol. The number of nitrogens with one attached hydrogen (secondary N) is 1. The predicted octanol–water partition coefficient (Wildman–Crippen LogP) is 3.86. The molecule has 1 aromatic heterocycles. The standard InChI is InChI=1S/C32H31N2O12P/c1-17-10-20(41-3)5-8-22(17)30-23-7-4-19(35)11-26(23)45-27-12-21(6-9-24(27)30)42-16-44-47(39,40)43-15-28-25(36)13-29(46-28)34-14-18(2)31(37)33-32(34)38/h4-12,14,25,28-29,36H,13,15-16H2,1-3H3,(H,39,40)(H,33,37,38)/t25-,28?,29-/m1/s1. The third-order valence-corrected chi connectivity index (χ3v) is 8.78. The largest absolute Gasteiger partial charge is 0.497 e.